The standard InChI is InChI=1S/C16H18BrN3O/c1-20(15(21)10-14-6-9-18-19-14)11-16(7-8-16)12-2-4-13(17)5-3-12/h2-6,9H,7-8,10-11H2,1H3,(H,18,19). The summed E-state index contributed by atoms with van der Waals surface area (Å²) in [7, 11) is 1.89. The van der Waals surface area contributed by atoms with Crippen molar-refractivity contribution in [2.75, 3.05) is 13.6 Å². The van der Waals surface area contributed by atoms with Crippen molar-refractivity contribution in [3.8, 4) is 0 Å². The molecule has 1 heterocycles. The van der Waals surface area contributed by atoms with E-state index in [4.69, 9.17) is 0 Å². The lowest BCUT2D eigenvalue weighted by atomic mass is 9.95. The summed E-state index contributed by atoms with van der Waals surface area (Å²) in [5.41, 5.74) is 2.34. The van der Waals surface area contributed by atoms with Crippen LogP contribution >= 0.6 is 15.9 Å². The summed E-state index contributed by atoms with van der Waals surface area (Å²) < 4.78 is 1.09. The molecule has 1 N–H and O–H groups in total. The molecule has 1 aliphatic rings. The summed E-state index contributed by atoms with van der Waals surface area (Å²) >= 11 is 3.47. The number of aromatic nitrogens is 2. The maximum Gasteiger partial charge on any atom is 0.228 e. The van der Waals surface area contributed by atoms with E-state index in [1.165, 1.54) is 5.56 Å². The van der Waals surface area contributed by atoms with Crippen molar-refractivity contribution in [3.05, 3.63) is 52.3 Å². The maximum atomic E-state index is 12.3. The zero-order valence-electron chi connectivity index (χ0n) is 12.0. The van der Waals surface area contributed by atoms with Crippen LogP contribution in [0.4, 0.5) is 0 Å². The lowest BCUT2D eigenvalue weighted by Gasteiger charge is -2.24. The molecule has 1 aliphatic carbocycles. The van der Waals surface area contributed by atoms with Crippen molar-refractivity contribution >= 4 is 21.8 Å². The van der Waals surface area contributed by atoms with Crippen LogP contribution < -0.4 is 0 Å². The summed E-state index contributed by atoms with van der Waals surface area (Å²) in [5.74, 6) is 0.127. The van der Waals surface area contributed by atoms with Gasteiger partial charge in [-0.25, -0.2) is 0 Å². The van der Waals surface area contributed by atoms with Gasteiger partial charge in [0.05, 0.1) is 6.42 Å². The Labute approximate surface area is 132 Å². The van der Waals surface area contributed by atoms with E-state index in [-0.39, 0.29) is 11.3 Å². The monoisotopic (exact) mass is 347 g/mol. The normalized spacial score (nSPS) is 15.7. The zero-order chi connectivity index (χ0) is 14.9. The molecule has 1 saturated carbocycles. The van der Waals surface area contributed by atoms with Crippen molar-refractivity contribution in [1.29, 1.82) is 0 Å². The Morgan fingerprint density at radius 3 is 2.62 bits per heavy atom. The minimum atomic E-state index is 0.127. The summed E-state index contributed by atoms with van der Waals surface area (Å²) in [5, 5.41) is 6.71. The van der Waals surface area contributed by atoms with E-state index in [1.807, 2.05) is 18.0 Å². The van der Waals surface area contributed by atoms with Crippen molar-refractivity contribution in [3.63, 3.8) is 0 Å². The third-order valence-electron chi connectivity index (χ3n) is 4.18. The molecule has 0 aliphatic heterocycles. The lowest BCUT2D eigenvalue weighted by molar-refractivity contribution is -0.129. The van der Waals surface area contributed by atoms with Crippen LogP contribution in [-0.4, -0.2) is 34.6 Å². The Morgan fingerprint density at radius 2 is 2.05 bits per heavy atom. The molecule has 1 fully saturated rings. The largest absolute Gasteiger partial charge is 0.345 e. The Hall–Kier alpha value is -1.62. The predicted octanol–water partition coefficient (Wildman–Crippen LogP) is 2.90. The van der Waals surface area contributed by atoms with Gasteiger partial charge in [0.15, 0.2) is 0 Å². The van der Waals surface area contributed by atoms with Gasteiger partial charge >= 0.3 is 0 Å². The average molecular weight is 348 g/mol. The number of halogens is 1. The van der Waals surface area contributed by atoms with Gasteiger partial charge in [0.1, 0.15) is 0 Å². The van der Waals surface area contributed by atoms with Crippen LogP contribution in [0, 0.1) is 0 Å². The Bertz CT molecular complexity index is 617. The van der Waals surface area contributed by atoms with Gasteiger partial charge in [0.25, 0.3) is 0 Å². The molecular weight excluding hydrogens is 330 g/mol. The zero-order valence-corrected chi connectivity index (χ0v) is 13.6. The van der Waals surface area contributed by atoms with E-state index in [2.05, 4.69) is 50.4 Å². The van der Waals surface area contributed by atoms with E-state index in [0.29, 0.717) is 6.42 Å². The fourth-order valence-electron chi connectivity index (χ4n) is 2.72. The van der Waals surface area contributed by atoms with Crippen LogP contribution in [0.5, 0.6) is 0 Å². The predicted molar refractivity (Wildman–Crippen MR) is 85.0 cm³/mol. The molecule has 0 unspecified atom stereocenters. The molecule has 5 heteroatoms. The second-order valence-electron chi connectivity index (χ2n) is 5.80. The van der Waals surface area contributed by atoms with Gasteiger partial charge in [0.2, 0.25) is 5.91 Å². The molecule has 0 spiro atoms. The van der Waals surface area contributed by atoms with Gasteiger partial charge in [-0.2, -0.15) is 5.10 Å². The topological polar surface area (TPSA) is 49.0 Å². The molecule has 2 aromatic rings. The number of rotatable bonds is 5. The smallest absolute Gasteiger partial charge is 0.228 e. The summed E-state index contributed by atoms with van der Waals surface area (Å²) in [4.78, 5) is 14.1. The highest BCUT2D eigenvalue weighted by atomic mass is 79.9. The molecule has 0 radical (unpaired) electrons. The molecular formula is C16H18BrN3O. The summed E-state index contributed by atoms with van der Waals surface area (Å²) in [6.45, 7) is 0.779. The van der Waals surface area contributed by atoms with Crippen LogP contribution in [0.2, 0.25) is 0 Å². The number of amides is 1. The molecule has 0 bridgehead atoms. The first-order valence-electron chi connectivity index (χ1n) is 7.07. The van der Waals surface area contributed by atoms with E-state index in [0.717, 1.165) is 29.6 Å². The highest BCUT2D eigenvalue weighted by Gasteiger charge is 2.45. The van der Waals surface area contributed by atoms with Crippen molar-refractivity contribution in [2.45, 2.75) is 24.7 Å². The second-order valence-corrected chi connectivity index (χ2v) is 6.71. The Kier molecular flexibility index (Phi) is 3.85. The van der Waals surface area contributed by atoms with Crippen LogP contribution in [0.25, 0.3) is 0 Å². The lowest BCUT2D eigenvalue weighted by Crippen LogP contribution is -2.35. The molecule has 4 nitrogen and oxygen atoms in total. The molecule has 0 saturated heterocycles. The molecule has 21 heavy (non-hydrogen) atoms. The van der Waals surface area contributed by atoms with Crippen molar-refractivity contribution in [2.24, 2.45) is 0 Å². The van der Waals surface area contributed by atoms with Gasteiger partial charge in [-0.15, -0.1) is 0 Å². The van der Waals surface area contributed by atoms with Crippen LogP contribution in [-0.2, 0) is 16.6 Å². The first kappa shape index (κ1) is 14.3. The minimum Gasteiger partial charge on any atom is -0.345 e. The second kappa shape index (κ2) is 5.64. The molecule has 0 atom stereocenters. The number of nitrogens with zero attached hydrogens (tertiary/aromatic N) is 2. The van der Waals surface area contributed by atoms with E-state index < -0.39 is 0 Å². The third kappa shape index (κ3) is 3.18. The fourth-order valence-corrected chi connectivity index (χ4v) is 2.98. The number of nitrogens with one attached hydrogen (secondary N) is 1. The van der Waals surface area contributed by atoms with Crippen LogP contribution in [0.1, 0.15) is 24.1 Å². The molecule has 110 valence electrons. The molecule has 1 aromatic carbocycles. The Morgan fingerprint density at radius 1 is 1.33 bits per heavy atom. The number of aromatic amines is 1. The average Bonchev–Trinajstić information content (AvgIpc) is 3.06. The maximum absolute atomic E-state index is 12.3. The molecule has 1 aromatic heterocycles. The number of carbonyl (C=O) groups is 1. The fraction of sp³-hybridized carbons (Fsp3) is 0.375. The van der Waals surface area contributed by atoms with Crippen LogP contribution in [0.15, 0.2) is 41.0 Å². The van der Waals surface area contributed by atoms with Crippen molar-refractivity contribution in [1.82, 2.24) is 15.1 Å². The number of H-pyrrole nitrogens is 1. The number of likely N-dealkylation sites (N-methyl/N-ethyl adjacent to an activating group) is 1. The number of carbonyl (C=O) groups excluding carboxylic acids is 1. The first-order chi connectivity index (χ1) is 10.1. The van der Waals surface area contributed by atoms with Gasteiger partial charge in [-0.3, -0.25) is 9.89 Å². The minimum absolute atomic E-state index is 0.127. The van der Waals surface area contributed by atoms with E-state index in [1.54, 1.807) is 6.20 Å². The highest BCUT2D eigenvalue weighted by Crippen LogP contribution is 2.48. The van der Waals surface area contributed by atoms with Gasteiger partial charge in [-0.1, -0.05) is 28.1 Å². The molecule has 3 rings (SSSR count). The van der Waals surface area contributed by atoms with E-state index in [9.17, 15) is 4.79 Å². The van der Waals surface area contributed by atoms with Crippen LogP contribution in [0.3, 0.4) is 0 Å². The number of hydrogen-bond acceptors (Lipinski definition) is 2. The third-order valence-corrected chi connectivity index (χ3v) is 4.70. The van der Waals surface area contributed by atoms with Gasteiger partial charge in [0, 0.05) is 35.4 Å². The Balaban J connectivity index is 1.65. The SMILES string of the molecule is CN(CC1(c2ccc(Br)cc2)CC1)C(=O)Cc1ccn[nH]1. The quantitative estimate of drug-likeness (QED) is 0.903. The number of benzene rings is 1. The first-order valence-corrected chi connectivity index (χ1v) is 7.87. The van der Waals surface area contributed by atoms with Crippen molar-refractivity contribution < 1.29 is 4.79 Å². The summed E-state index contributed by atoms with van der Waals surface area (Å²) in [6.07, 6.45) is 4.35. The van der Waals surface area contributed by atoms with Gasteiger partial charge < -0.3 is 4.90 Å². The highest BCUT2D eigenvalue weighted by molar-refractivity contribution is 9.10. The number of hydrogen-bond donors (Lipinski definition) is 1. The van der Waals surface area contributed by atoms with E-state index >= 15 is 0 Å². The summed E-state index contributed by atoms with van der Waals surface area (Å²) in [6, 6.07) is 10.3. The van der Waals surface area contributed by atoms with Gasteiger partial charge in [-0.05, 0) is 36.6 Å². The molecule has 1 amide bonds.